The molecule has 22 nitrogen and oxygen atoms in total. The highest BCUT2D eigenvalue weighted by molar-refractivity contribution is 6.34. The molecule has 4 aliphatic rings. The Balaban J connectivity index is 0.913. The van der Waals surface area contributed by atoms with Crippen LogP contribution in [0.5, 0.6) is 11.5 Å². The summed E-state index contributed by atoms with van der Waals surface area (Å²) in [6.07, 6.45) is 0.787. The largest absolute Gasteiger partial charge is 0.496 e. The van der Waals surface area contributed by atoms with E-state index in [1.807, 2.05) is 35.8 Å². The Bertz CT molecular complexity index is 2820. The molecule has 5 heterocycles. The second kappa shape index (κ2) is 24.3. The van der Waals surface area contributed by atoms with Gasteiger partial charge in [0.25, 0.3) is 11.8 Å². The number of carbonyl (C=O) groups excluding carboxylic acids is 4. The van der Waals surface area contributed by atoms with Crippen LogP contribution in [0.25, 0.3) is 28.1 Å². The van der Waals surface area contributed by atoms with Gasteiger partial charge < -0.3 is 49.2 Å². The molecule has 3 N–H and O–H groups in total. The maximum atomic E-state index is 14.4. The highest BCUT2D eigenvalue weighted by atomic mass is 35.5. The number of aliphatic carboxylic acids is 2. The van der Waals surface area contributed by atoms with E-state index in [2.05, 4.69) is 10.5 Å². The fraction of sp³-hybridized carbons (Fsp3) is 0.451. The number of oxime groups is 1. The molecular formula is C51H60Cl2N10O12. The van der Waals surface area contributed by atoms with E-state index in [1.54, 1.807) is 73.9 Å². The van der Waals surface area contributed by atoms with Gasteiger partial charge in [-0.05, 0) is 55.8 Å². The van der Waals surface area contributed by atoms with Crippen LogP contribution in [-0.4, -0.2) is 222 Å². The summed E-state index contributed by atoms with van der Waals surface area (Å²) in [4.78, 5) is 91.7. The van der Waals surface area contributed by atoms with Crippen LogP contribution < -0.4 is 14.8 Å². The minimum atomic E-state index is -1.01. The van der Waals surface area contributed by atoms with Gasteiger partial charge in [0.05, 0.1) is 82.2 Å². The van der Waals surface area contributed by atoms with E-state index >= 15 is 0 Å². The number of aromatic nitrogens is 2. The minimum absolute atomic E-state index is 0.0434. The van der Waals surface area contributed by atoms with Gasteiger partial charge in [0.2, 0.25) is 5.91 Å². The summed E-state index contributed by atoms with van der Waals surface area (Å²) in [7, 11) is 1.55. The number of rotatable bonds is 16. The summed E-state index contributed by atoms with van der Waals surface area (Å²) in [6, 6.07) is 15.9. The Kier molecular flexibility index (Phi) is 17.7. The molecule has 0 atom stereocenters. The first kappa shape index (κ1) is 54.6. The number of anilines is 1. The van der Waals surface area contributed by atoms with E-state index in [0.717, 1.165) is 6.29 Å². The fourth-order valence-electron chi connectivity index (χ4n) is 9.44. The minimum Gasteiger partial charge on any atom is -0.496 e. The van der Waals surface area contributed by atoms with E-state index in [1.165, 1.54) is 0 Å². The van der Waals surface area contributed by atoms with E-state index in [0.29, 0.717) is 139 Å². The summed E-state index contributed by atoms with van der Waals surface area (Å²) < 4.78 is 19.6. The zero-order valence-electron chi connectivity index (χ0n) is 42.0. The van der Waals surface area contributed by atoms with Crippen molar-refractivity contribution in [2.24, 2.45) is 5.16 Å². The van der Waals surface area contributed by atoms with E-state index in [9.17, 15) is 39.0 Å². The molecule has 400 valence electrons. The van der Waals surface area contributed by atoms with E-state index in [4.69, 9.17) is 47.3 Å². The van der Waals surface area contributed by atoms with Gasteiger partial charge in [-0.15, -0.1) is 0 Å². The number of carbonyl (C=O) groups is 6. The van der Waals surface area contributed by atoms with Crippen molar-refractivity contribution in [3.05, 3.63) is 75.9 Å². The molecule has 75 heavy (non-hydrogen) atoms. The number of nitrogens with zero attached hydrogens (tertiary/aromatic N) is 9. The smallest absolute Gasteiger partial charge is 0.317 e. The molecular weight excluding hydrogens is 1020 g/mol. The van der Waals surface area contributed by atoms with Crippen molar-refractivity contribution in [1.29, 1.82) is 0 Å². The van der Waals surface area contributed by atoms with Gasteiger partial charge in [-0.25, -0.2) is 4.68 Å². The van der Waals surface area contributed by atoms with Crippen molar-refractivity contribution < 1.29 is 58.0 Å². The first-order chi connectivity index (χ1) is 36.0. The number of amides is 3. The van der Waals surface area contributed by atoms with Gasteiger partial charge in [-0.2, -0.15) is 5.10 Å². The Hall–Kier alpha value is -6.66. The number of carboxylic acid groups (broad SMARTS) is 2. The average Bonchev–Trinajstić information content (AvgIpc) is 3.77. The standard InChI is InChI=1S/C51H60Cl2N10O12/c1-51(2)32-73-18-16-62(51)50(71)48-41-30-74-43-24-42(72-3)39(23-40(43)49(41)63(55-48)38-21-34(52)20-35(53)22-38)33-5-4-6-36(19-33)54-44(65)31-75-56-37-25-61(26-37)45(66)27-58-9-7-57(15-17-64)8-10-59(28-46(67)68)13-14-60(12-11-58)29-47(69)70/h4-6,17,19-24H,7-16,18,25-32H2,1-3H3,(H,54,65)(H,67,68)(H,69,70). The highest BCUT2D eigenvalue weighted by Crippen LogP contribution is 2.47. The first-order valence-electron chi connectivity index (χ1n) is 24.4. The van der Waals surface area contributed by atoms with Gasteiger partial charge in [-0.1, -0.05) is 40.5 Å². The number of hydrogen-bond acceptors (Lipinski definition) is 16. The molecule has 8 rings (SSSR count). The molecule has 4 aliphatic heterocycles. The SMILES string of the molecule is COc1cc2c(cc1-c1cccc(NC(=O)CON=C3CN(C(=O)CN4CCN(CC=O)CCN(CC(=O)O)CCN(CC(=O)O)CC4)C3)c1)-c1c(c(C(=O)N3CCOCC3(C)C)nn1-c1cc(Cl)cc(Cl)c1)CO2. The summed E-state index contributed by atoms with van der Waals surface area (Å²) in [6.45, 7) is 7.81. The summed E-state index contributed by atoms with van der Waals surface area (Å²) >= 11 is 13.0. The zero-order valence-corrected chi connectivity index (χ0v) is 43.5. The quantitative estimate of drug-likeness (QED) is 0.108. The topological polar surface area (TPSA) is 241 Å². The number of aldehydes is 1. The molecule has 0 spiro atoms. The predicted molar refractivity (Wildman–Crippen MR) is 277 cm³/mol. The second-order valence-electron chi connectivity index (χ2n) is 19.3. The monoisotopic (exact) mass is 1070 g/mol. The molecule has 0 aliphatic carbocycles. The van der Waals surface area contributed by atoms with Crippen LogP contribution in [0.15, 0.2) is 59.8 Å². The Morgan fingerprint density at radius 3 is 2.08 bits per heavy atom. The third-order valence-corrected chi connectivity index (χ3v) is 13.8. The van der Waals surface area contributed by atoms with Gasteiger partial charge in [0.15, 0.2) is 12.3 Å². The fourth-order valence-corrected chi connectivity index (χ4v) is 9.96. The lowest BCUT2D eigenvalue weighted by Crippen LogP contribution is -2.55. The average molecular weight is 1080 g/mol. The van der Waals surface area contributed by atoms with Crippen molar-refractivity contribution in [2.45, 2.75) is 26.0 Å². The number of likely N-dealkylation sites (tertiary alicyclic amines) is 1. The van der Waals surface area contributed by atoms with Gasteiger partial charge in [0.1, 0.15) is 24.4 Å². The van der Waals surface area contributed by atoms with Crippen LogP contribution in [-0.2, 0) is 40.2 Å². The Morgan fingerprint density at radius 2 is 1.47 bits per heavy atom. The Labute approximate surface area is 443 Å². The van der Waals surface area contributed by atoms with Crippen LogP contribution in [0.4, 0.5) is 5.69 Å². The number of halogens is 2. The van der Waals surface area contributed by atoms with Crippen molar-refractivity contribution in [2.75, 3.05) is 130 Å². The number of morpholine rings is 1. The van der Waals surface area contributed by atoms with Crippen molar-refractivity contribution >= 4 is 70.5 Å². The van der Waals surface area contributed by atoms with Crippen LogP contribution in [0.3, 0.4) is 0 Å². The molecule has 3 fully saturated rings. The van der Waals surface area contributed by atoms with Gasteiger partial charge >= 0.3 is 11.9 Å². The molecule has 0 bridgehead atoms. The lowest BCUT2D eigenvalue weighted by molar-refractivity contribution is -0.140. The zero-order chi connectivity index (χ0) is 53.4. The lowest BCUT2D eigenvalue weighted by atomic mass is 9.95. The predicted octanol–water partition coefficient (Wildman–Crippen LogP) is 3.41. The third kappa shape index (κ3) is 13.6. The number of hydrogen-bond donors (Lipinski definition) is 3. The van der Waals surface area contributed by atoms with Crippen molar-refractivity contribution in [1.82, 2.24) is 39.2 Å². The highest BCUT2D eigenvalue weighted by Gasteiger charge is 2.40. The molecule has 0 unspecified atom stereocenters. The van der Waals surface area contributed by atoms with Crippen LogP contribution in [0.2, 0.25) is 10.0 Å². The van der Waals surface area contributed by atoms with Gasteiger partial charge in [0, 0.05) is 97.4 Å². The summed E-state index contributed by atoms with van der Waals surface area (Å²) in [5, 5.41) is 31.6. The number of fused-ring (bicyclic) bond motifs is 3. The normalized spacial score (nSPS) is 17.7. The van der Waals surface area contributed by atoms with E-state index in [-0.39, 0.29) is 63.4 Å². The molecule has 4 aromatic rings. The second-order valence-corrected chi connectivity index (χ2v) is 20.1. The summed E-state index contributed by atoms with van der Waals surface area (Å²) in [5.41, 5.74) is 4.39. The third-order valence-electron chi connectivity index (χ3n) is 13.4. The number of methoxy groups -OCH3 is 1. The first-order valence-corrected chi connectivity index (χ1v) is 25.2. The molecule has 0 saturated carbocycles. The Morgan fingerprint density at radius 1 is 0.827 bits per heavy atom. The molecule has 3 saturated heterocycles. The number of nitrogens with one attached hydrogen (secondary N) is 1. The summed E-state index contributed by atoms with van der Waals surface area (Å²) in [5.74, 6) is -1.94. The van der Waals surface area contributed by atoms with Crippen LogP contribution in [0.1, 0.15) is 29.9 Å². The number of benzene rings is 3. The van der Waals surface area contributed by atoms with Crippen LogP contribution >= 0.6 is 23.2 Å². The van der Waals surface area contributed by atoms with Crippen LogP contribution in [0, 0.1) is 0 Å². The molecule has 0 radical (unpaired) electrons. The maximum absolute atomic E-state index is 14.4. The van der Waals surface area contributed by atoms with Crippen molar-refractivity contribution in [3.63, 3.8) is 0 Å². The molecule has 3 aromatic carbocycles. The lowest BCUT2D eigenvalue weighted by Gasteiger charge is -2.41. The van der Waals surface area contributed by atoms with E-state index < -0.39 is 30.0 Å². The van der Waals surface area contributed by atoms with Gasteiger partial charge in [-0.3, -0.25) is 43.6 Å². The molecule has 24 heteroatoms. The van der Waals surface area contributed by atoms with Crippen molar-refractivity contribution in [3.8, 4) is 39.6 Å². The maximum Gasteiger partial charge on any atom is 0.317 e. The number of ether oxygens (including phenoxy) is 3. The molecule has 1 aromatic heterocycles. The molecule has 3 amide bonds. The number of carboxylic acids is 2.